The van der Waals surface area contributed by atoms with Crippen molar-refractivity contribution < 1.29 is 0 Å². The van der Waals surface area contributed by atoms with Crippen molar-refractivity contribution in [3.8, 4) is 0 Å². The molecule has 1 aliphatic rings. The van der Waals surface area contributed by atoms with E-state index in [-0.39, 0.29) is 0 Å². The minimum atomic E-state index is 0.553. The van der Waals surface area contributed by atoms with Gasteiger partial charge >= 0.3 is 0 Å². The van der Waals surface area contributed by atoms with Gasteiger partial charge in [-0.3, -0.25) is 0 Å². The van der Waals surface area contributed by atoms with Crippen LogP contribution in [0.25, 0.3) is 0 Å². The molecule has 0 radical (unpaired) electrons. The average molecular weight is 525 g/mol. The molecule has 0 spiro atoms. The molecular formula is C36H64N2. The summed E-state index contributed by atoms with van der Waals surface area (Å²) in [5.74, 6) is 0. The minimum Gasteiger partial charge on any atom is -0.356 e. The summed E-state index contributed by atoms with van der Waals surface area (Å²) in [7, 11) is 0. The van der Waals surface area contributed by atoms with Crippen LogP contribution in [0.2, 0.25) is 0 Å². The van der Waals surface area contributed by atoms with Gasteiger partial charge in [-0.25, -0.2) is 0 Å². The fourth-order valence-corrected chi connectivity index (χ4v) is 6.02. The molecule has 0 amide bonds. The highest BCUT2D eigenvalue weighted by molar-refractivity contribution is 5.16. The first kappa shape index (κ1) is 32.8. The molecule has 1 aromatic carbocycles. The molecule has 1 unspecified atom stereocenters. The van der Waals surface area contributed by atoms with Crippen LogP contribution in [-0.2, 0) is 6.54 Å². The first-order valence-corrected chi connectivity index (χ1v) is 17.1. The van der Waals surface area contributed by atoms with E-state index in [2.05, 4.69) is 66.4 Å². The van der Waals surface area contributed by atoms with Crippen LogP contribution >= 0.6 is 0 Å². The zero-order valence-electron chi connectivity index (χ0n) is 25.7. The maximum absolute atomic E-state index is 2.66. The lowest BCUT2D eigenvalue weighted by Crippen LogP contribution is -2.38. The minimum absolute atomic E-state index is 0.553. The first-order valence-electron chi connectivity index (χ1n) is 17.1. The van der Waals surface area contributed by atoms with E-state index in [9.17, 15) is 0 Å². The highest BCUT2D eigenvalue weighted by Crippen LogP contribution is 2.25. The van der Waals surface area contributed by atoms with E-state index in [1.54, 1.807) is 0 Å². The Morgan fingerprint density at radius 3 is 1.39 bits per heavy atom. The van der Waals surface area contributed by atoms with Crippen molar-refractivity contribution in [1.82, 2.24) is 9.80 Å². The molecule has 1 aromatic rings. The predicted molar refractivity (Wildman–Crippen MR) is 169 cm³/mol. The van der Waals surface area contributed by atoms with Gasteiger partial charge in [0.1, 0.15) is 6.17 Å². The molecule has 0 aromatic heterocycles. The molecule has 2 heteroatoms. The van der Waals surface area contributed by atoms with Gasteiger partial charge in [-0.15, -0.1) is 0 Å². The number of unbranched alkanes of at least 4 members (excludes halogenated alkanes) is 20. The van der Waals surface area contributed by atoms with Gasteiger partial charge in [0.15, 0.2) is 0 Å². The smallest absolute Gasteiger partial charge is 0.101 e. The lowest BCUT2D eigenvalue weighted by atomic mass is 10.0. The van der Waals surface area contributed by atoms with Gasteiger partial charge in [0.25, 0.3) is 0 Å². The Balaban J connectivity index is 1.60. The van der Waals surface area contributed by atoms with E-state index < -0.39 is 0 Å². The third-order valence-electron chi connectivity index (χ3n) is 8.51. The highest BCUT2D eigenvalue weighted by atomic mass is 15.4. The molecule has 2 rings (SSSR count). The summed E-state index contributed by atoms with van der Waals surface area (Å²) >= 11 is 0. The molecule has 2 nitrogen and oxygen atoms in total. The third kappa shape index (κ3) is 15.8. The molecule has 0 bridgehead atoms. The zero-order chi connectivity index (χ0) is 26.9. The summed E-state index contributed by atoms with van der Waals surface area (Å²) in [6.07, 6.45) is 37.9. The van der Waals surface area contributed by atoms with E-state index in [0.29, 0.717) is 6.17 Å². The molecule has 0 fully saturated rings. The van der Waals surface area contributed by atoms with Gasteiger partial charge in [-0.2, -0.15) is 0 Å². The van der Waals surface area contributed by atoms with Crippen LogP contribution in [0.5, 0.6) is 0 Å². The second-order valence-electron chi connectivity index (χ2n) is 12.0. The van der Waals surface area contributed by atoms with Crippen molar-refractivity contribution in [3.05, 3.63) is 48.3 Å². The summed E-state index contributed by atoms with van der Waals surface area (Å²) in [6, 6.07) is 11.0. The Labute approximate surface area is 238 Å². The number of nitrogens with zero attached hydrogens (tertiary/aromatic N) is 2. The Hall–Kier alpha value is -1.44. The monoisotopic (exact) mass is 525 g/mol. The van der Waals surface area contributed by atoms with Crippen LogP contribution < -0.4 is 0 Å². The first-order chi connectivity index (χ1) is 18.8. The number of benzene rings is 1. The lowest BCUT2D eigenvalue weighted by molar-refractivity contribution is 0.132. The van der Waals surface area contributed by atoms with E-state index >= 15 is 0 Å². The van der Waals surface area contributed by atoms with Crippen molar-refractivity contribution in [2.24, 2.45) is 0 Å². The van der Waals surface area contributed by atoms with E-state index in [0.717, 1.165) is 6.54 Å². The van der Waals surface area contributed by atoms with Gasteiger partial charge in [0.05, 0.1) is 0 Å². The standard InChI is InChI=1S/C36H64N2/c1-3-5-7-9-11-13-14-15-16-17-19-21-26-30-36-37(31-27-22-20-18-12-10-8-6-4-2)32-33-38(36)34-35-28-24-23-25-29-35/h23-25,28-29,32-33,36H,3-22,26-27,30-31,34H2,1-2H3. The number of rotatable bonds is 26. The number of hydrogen-bond donors (Lipinski definition) is 0. The highest BCUT2D eigenvalue weighted by Gasteiger charge is 2.25. The van der Waals surface area contributed by atoms with Crippen LogP contribution in [0, 0.1) is 0 Å². The summed E-state index contributed by atoms with van der Waals surface area (Å²) in [4.78, 5) is 5.26. The normalized spacial score (nSPS) is 15.2. The summed E-state index contributed by atoms with van der Waals surface area (Å²) < 4.78 is 0. The number of hydrogen-bond acceptors (Lipinski definition) is 2. The van der Waals surface area contributed by atoms with Crippen LogP contribution in [0.15, 0.2) is 42.7 Å². The molecule has 1 aliphatic heterocycles. The van der Waals surface area contributed by atoms with Gasteiger partial charge in [-0.05, 0) is 24.8 Å². The van der Waals surface area contributed by atoms with Crippen molar-refractivity contribution in [1.29, 1.82) is 0 Å². The van der Waals surface area contributed by atoms with Gasteiger partial charge < -0.3 is 9.80 Å². The predicted octanol–water partition coefficient (Wildman–Crippen LogP) is 11.6. The van der Waals surface area contributed by atoms with E-state index in [1.807, 2.05) is 0 Å². The fraction of sp³-hybridized carbons (Fsp3) is 0.778. The van der Waals surface area contributed by atoms with E-state index in [4.69, 9.17) is 0 Å². The van der Waals surface area contributed by atoms with Gasteiger partial charge in [0, 0.05) is 25.5 Å². The fourth-order valence-electron chi connectivity index (χ4n) is 6.02. The molecule has 1 atom stereocenters. The molecule has 0 saturated carbocycles. The van der Waals surface area contributed by atoms with Crippen molar-refractivity contribution in [3.63, 3.8) is 0 Å². The van der Waals surface area contributed by atoms with Crippen LogP contribution in [0.1, 0.15) is 167 Å². The van der Waals surface area contributed by atoms with E-state index in [1.165, 1.54) is 160 Å². The summed E-state index contributed by atoms with van der Waals surface area (Å²) in [5.41, 5.74) is 1.43. The molecule has 0 saturated heterocycles. The SMILES string of the molecule is CCCCCCCCCCCCCCCC1N(CCCCCCCCCCC)C=CN1Cc1ccccc1. The maximum atomic E-state index is 2.66. The van der Waals surface area contributed by atoms with Crippen molar-refractivity contribution in [2.45, 2.75) is 174 Å². The Morgan fingerprint density at radius 2 is 0.895 bits per heavy atom. The average Bonchev–Trinajstić information content (AvgIpc) is 3.31. The van der Waals surface area contributed by atoms with Crippen LogP contribution in [0.4, 0.5) is 0 Å². The molecule has 0 aliphatic carbocycles. The molecule has 0 N–H and O–H groups in total. The topological polar surface area (TPSA) is 6.48 Å². The van der Waals surface area contributed by atoms with Crippen molar-refractivity contribution >= 4 is 0 Å². The van der Waals surface area contributed by atoms with Crippen molar-refractivity contribution in [2.75, 3.05) is 6.54 Å². The lowest BCUT2D eigenvalue weighted by Gasteiger charge is -2.33. The molecule has 38 heavy (non-hydrogen) atoms. The second-order valence-corrected chi connectivity index (χ2v) is 12.0. The summed E-state index contributed by atoms with van der Waals surface area (Å²) in [5, 5.41) is 0. The Bertz CT molecular complexity index is 655. The van der Waals surface area contributed by atoms with Gasteiger partial charge in [0.2, 0.25) is 0 Å². The van der Waals surface area contributed by atoms with Crippen LogP contribution in [0.3, 0.4) is 0 Å². The second kappa shape index (κ2) is 23.4. The van der Waals surface area contributed by atoms with Gasteiger partial charge in [-0.1, -0.05) is 173 Å². The Kier molecular flexibility index (Phi) is 20.2. The quantitative estimate of drug-likeness (QED) is 0.111. The largest absolute Gasteiger partial charge is 0.356 e. The molecular weight excluding hydrogens is 460 g/mol. The molecule has 218 valence electrons. The zero-order valence-corrected chi connectivity index (χ0v) is 25.7. The third-order valence-corrected chi connectivity index (χ3v) is 8.51. The Morgan fingerprint density at radius 1 is 0.474 bits per heavy atom. The maximum Gasteiger partial charge on any atom is 0.101 e. The van der Waals surface area contributed by atoms with Crippen LogP contribution in [-0.4, -0.2) is 22.5 Å². The summed E-state index contributed by atoms with van der Waals surface area (Å²) in [6.45, 7) is 6.87. The molecule has 1 heterocycles.